The van der Waals surface area contributed by atoms with Crippen molar-refractivity contribution in [1.82, 2.24) is 0 Å². The first-order valence-corrected chi connectivity index (χ1v) is 9.13. The van der Waals surface area contributed by atoms with E-state index in [4.69, 9.17) is 0 Å². The molecule has 1 saturated carbocycles. The van der Waals surface area contributed by atoms with Gasteiger partial charge >= 0.3 is 0 Å². The minimum Gasteiger partial charge on any atom is -0.200 e. The monoisotopic (exact) mass is 314 g/mol. The summed E-state index contributed by atoms with van der Waals surface area (Å²) in [6, 6.07) is 13.8. The van der Waals surface area contributed by atoms with E-state index in [0.717, 1.165) is 11.8 Å². The summed E-state index contributed by atoms with van der Waals surface area (Å²) in [5, 5.41) is 2.73. The van der Waals surface area contributed by atoms with Gasteiger partial charge in [-0.3, -0.25) is 0 Å². The molecule has 3 aliphatic carbocycles. The standard InChI is InChI=1S/C23H24N/c1-14-4-7-20-17(10-14)8-9-24(3)23(20)21-15(2)5-6-18-11-16-12-19(13-16)22(18)21/h4-10,16,19H,11-13H2,1-3H3/q+1. The molecule has 0 atom stereocenters. The molecule has 1 fully saturated rings. The summed E-state index contributed by atoms with van der Waals surface area (Å²) in [7, 11) is 2.19. The van der Waals surface area contributed by atoms with Crippen LogP contribution in [-0.2, 0) is 13.5 Å². The molecule has 1 nitrogen and oxygen atoms in total. The van der Waals surface area contributed by atoms with E-state index >= 15 is 0 Å². The molecule has 120 valence electrons. The third kappa shape index (κ3) is 1.90. The summed E-state index contributed by atoms with van der Waals surface area (Å²) in [5.41, 5.74) is 8.91. The van der Waals surface area contributed by atoms with Crippen molar-refractivity contribution in [2.45, 2.75) is 39.0 Å². The zero-order chi connectivity index (χ0) is 16.4. The van der Waals surface area contributed by atoms with Gasteiger partial charge in [-0.25, -0.2) is 4.57 Å². The molecule has 1 aromatic heterocycles. The highest BCUT2D eigenvalue weighted by Gasteiger charge is 2.40. The number of aromatic nitrogens is 1. The van der Waals surface area contributed by atoms with Crippen LogP contribution in [0.15, 0.2) is 42.6 Å². The summed E-state index contributed by atoms with van der Waals surface area (Å²) in [6.07, 6.45) is 6.31. The molecular formula is C23H24N+. The fourth-order valence-corrected chi connectivity index (χ4v) is 4.98. The van der Waals surface area contributed by atoms with Crippen molar-refractivity contribution in [2.75, 3.05) is 0 Å². The lowest BCUT2D eigenvalue weighted by molar-refractivity contribution is -0.659. The van der Waals surface area contributed by atoms with Gasteiger partial charge in [0.25, 0.3) is 0 Å². The minimum atomic E-state index is 0.786. The first kappa shape index (κ1) is 14.2. The topological polar surface area (TPSA) is 3.88 Å². The van der Waals surface area contributed by atoms with Crippen LogP contribution in [0.5, 0.6) is 0 Å². The maximum absolute atomic E-state index is 2.39. The lowest BCUT2D eigenvalue weighted by Gasteiger charge is -2.43. The van der Waals surface area contributed by atoms with Crippen molar-refractivity contribution < 1.29 is 4.57 Å². The molecule has 0 unspecified atom stereocenters. The predicted octanol–water partition coefficient (Wildman–Crippen LogP) is 5.00. The summed E-state index contributed by atoms with van der Waals surface area (Å²) in [4.78, 5) is 0. The number of hydrogen-bond donors (Lipinski definition) is 0. The van der Waals surface area contributed by atoms with Crippen LogP contribution in [0.2, 0.25) is 0 Å². The predicted molar refractivity (Wildman–Crippen MR) is 99.2 cm³/mol. The van der Waals surface area contributed by atoms with Crippen LogP contribution >= 0.6 is 0 Å². The number of benzene rings is 2. The van der Waals surface area contributed by atoms with Crippen LogP contribution in [0, 0.1) is 19.8 Å². The molecule has 2 aromatic carbocycles. The Morgan fingerprint density at radius 2 is 1.83 bits per heavy atom. The number of pyridine rings is 1. The quantitative estimate of drug-likeness (QED) is 0.557. The van der Waals surface area contributed by atoms with Gasteiger partial charge in [0.15, 0.2) is 6.20 Å². The summed E-state index contributed by atoms with van der Waals surface area (Å²) < 4.78 is 2.32. The van der Waals surface area contributed by atoms with Crippen LogP contribution in [-0.4, -0.2) is 0 Å². The Bertz CT molecular complexity index is 977. The van der Waals surface area contributed by atoms with Crippen molar-refractivity contribution >= 4 is 10.8 Å². The Labute approximate surface area is 144 Å². The van der Waals surface area contributed by atoms with Gasteiger partial charge in [0, 0.05) is 6.07 Å². The molecule has 0 spiro atoms. The number of rotatable bonds is 1. The van der Waals surface area contributed by atoms with Gasteiger partial charge in [0.1, 0.15) is 7.05 Å². The van der Waals surface area contributed by atoms with E-state index in [1.165, 1.54) is 52.4 Å². The van der Waals surface area contributed by atoms with E-state index in [0.29, 0.717) is 0 Å². The lowest BCUT2D eigenvalue weighted by atomic mass is 9.61. The van der Waals surface area contributed by atoms with E-state index in [1.54, 1.807) is 11.1 Å². The third-order valence-corrected chi connectivity index (χ3v) is 6.23. The molecule has 0 amide bonds. The van der Waals surface area contributed by atoms with Crippen LogP contribution in [0.25, 0.3) is 22.0 Å². The first-order valence-electron chi connectivity index (χ1n) is 9.13. The summed E-state index contributed by atoms with van der Waals surface area (Å²) in [5.74, 6) is 1.73. The molecular weight excluding hydrogens is 290 g/mol. The highest BCUT2D eigenvalue weighted by molar-refractivity contribution is 5.95. The van der Waals surface area contributed by atoms with Gasteiger partial charge in [-0.1, -0.05) is 29.8 Å². The molecule has 2 bridgehead atoms. The van der Waals surface area contributed by atoms with Crippen molar-refractivity contribution in [3.8, 4) is 11.3 Å². The van der Waals surface area contributed by atoms with Crippen molar-refractivity contribution in [3.63, 3.8) is 0 Å². The molecule has 0 radical (unpaired) electrons. The van der Waals surface area contributed by atoms with E-state index in [9.17, 15) is 0 Å². The Kier molecular flexibility index (Phi) is 2.92. The van der Waals surface area contributed by atoms with Crippen molar-refractivity contribution in [2.24, 2.45) is 13.0 Å². The molecule has 1 heteroatoms. The maximum Gasteiger partial charge on any atom is 0.220 e. The summed E-state index contributed by atoms with van der Waals surface area (Å²) >= 11 is 0. The number of fused-ring (bicyclic) bond motifs is 1. The zero-order valence-corrected chi connectivity index (χ0v) is 14.8. The average molecular weight is 314 g/mol. The molecule has 6 rings (SSSR count). The van der Waals surface area contributed by atoms with Gasteiger partial charge in [0.2, 0.25) is 5.69 Å². The lowest BCUT2D eigenvalue weighted by Crippen LogP contribution is -2.34. The third-order valence-electron chi connectivity index (χ3n) is 6.23. The zero-order valence-electron chi connectivity index (χ0n) is 14.8. The van der Waals surface area contributed by atoms with E-state index in [1.807, 2.05) is 0 Å². The second-order valence-corrected chi connectivity index (χ2v) is 7.93. The second-order valence-electron chi connectivity index (χ2n) is 7.93. The van der Waals surface area contributed by atoms with E-state index in [-0.39, 0.29) is 0 Å². The average Bonchev–Trinajstić information content (AvgIpc) is 2.54. The normalized spacial score (nSPS) is 21.5. The van der Waals surface area contributed by atoms with Crippen LogP contribution in [0.1, 0.15) is 41.0 Å². The Morgan fingerprint density at radius 1 is 1.00 bits per heavy atom. The highest BCUT2D eigenvalue weighted by atomic mass is 14.9. The van der Waals surface area contributed by atoms with Crippen LogP contribution in [0.3, 0.4) is 0 Å². The van der Waals surface area contributed by atoms with Gasteiger partial charge in [-0.05, 0) is 73.1 Å². The molecule has 3 aliphatic rings. The number of aryl methyl sites for hydroxylation is 3. The number of hydrogen-bond acceptors (Lipinski definition) is 0. The maximum atomic E-state index is 2.39. The molecule has 3 aromatic rings. The second kappa shape index (κ2) is 4.92. The Hall–Kier alpha value is -2.15. The molecule has 0 saturated heterocycles. The molecule has 24 heavy (non-hydrogen) atoms. The van der Waals surface area contributed by atoms with Crippen LogP contribution in [0.4, 0.5) is 0 Å². The Balaban J connectivity index is 1.87. The fraction of sp³-hybridized carbons (Fsp3) is 0.348. The van der Waals surface area contributed by atoms with E-state index < -0.39 is 0 Å². The molecule has 1 heterocycles. The fourth-order valence-electron chi connectivity index (χ4n) is 4.98. The first-order chi connectivity index (χ1) is 11.6. The molecule has 0 aliphatic heterocycles. The highest BCUT2D eigenvalue weighted by Crippen LogP contribution is 2.53. The smallest absolute Gasteiger partial charge is 0.200 e. The SMILES string of the molecule is Cc1ccc2c(-c3c(C)ccc4c3C3CC(C4)C3)[n+](C)ccc2c1. The van der Waals surface area contributed by atoms with Crippen LogP contribution < -0.4 is 4.57 Å². The Morgan fingerprint density at radius 3 is 2.67 bits per heavy atom. The largest absolute Gasteiger partial charge is 0.220 e. The summed E-state index contributed by atoms with van der Waals surface area (Å²) in [6.45, 7) is 4.46. The van der Waals surface area contributed by atoms with Gasteiger partial charge in [0.05, 0.1) is 10.9 Å². The minimum absolute atomic E-state index is 0.786. The number of nitrogens with zero attached hydrogens (tertiary/aromatic N) is 1. The van der Waals surface area contributed by atoms with Gasteiger partial charge < -0.3 is 0 Å². The van der Waals surface area contributed by atoms with Gasteiger partial charge in [-0.2, -0.15) is 0 Å². The van der Waals surface area contributed by atoms with E-state index in [2.05, 4.69) is 68.1 Å². The van der Waals surface area contributed by atoms with Crippen molar-refractivity contribution in [3.05, 3.63) is 64.8 Å². The van der Waals surface area contributed by atoms with Crippen molar-refractivity contribution in [1.29, 1.82) is 0 Å². The van der Waals surface area contributed by atoms with Gasteiger partial charge in [-0.15, -0.1) is 0 Å². The molecule has 0 N–H and O–H groups in total.